The first-order chi connectivity index (χ1) is 8.47. The van der Waals surface area contributed by atoms with E-state index in [2.05, 4.69) is 15.3 Å². The van der Waals surface area contributed by atoms with Crippen LogP contribution in [0.4, 0.5) is 17.3 Å². The fourth-order valence-corrected chi connectivity index (χ4v) is 1.61. The predicted molar refractivity (Wildman–Crippen MR) is 70.7 cm³/mol. The molecule has 1 aromatic carbocycles. The summed E-state index contributed by atoms with van der Waals surface area (Å²) in [5.74, 6) is -0.667. The molecule has 0 fully saturated rings. The number of halogens is 2. The number of H-pyrrole nitrogens is 1. The molecule has 0 aliphatic rings. The van der Waals surface area contributed by atoms with Crippen LogP contribution in [0.25, 0.3) is 0 Å². The quantitative estimate of drug-likeness (QED) is 0.677. The lowest BCUT2D eigenvalue weighted by Crippen LogP contribution is -2.15. The average molecular weight is 287 g/mol. The molecule has 0 saturated carbocycles. The van der Waals surface area contributed by atoms with Gasteiger partial charge in [-0.3, -0.25) is 9.78 Å². The summed E-state index contributed by atoms with van der Waals surface area (Å²) in [6.07, 6.45) is 0. The maximum Gasteiger partial charge on any atom is 0.280 e. The maximum absolute atomic E-state index is 11.6. The van der Waals surface area contributed by atoms with Crippen LogP contribution >= 0.6 is 23.2 Å². The molecular formula is C10H8Cl2N4O2. The third-order valence-electron chi connectivity index (χ3n) is 2.11. The van der Waals surface area contributed by atoms with Gasteiger partial charge in [-0.2, -0.15) is 4.98 Å². The van der Waals surface area contributed by atoms with Gasteiger partial charge >= 0.3 is 0 Å². The molecule has 0 radical (unpaired) electrons. The van der Waals surface area contributed by atoms with Crippen molar-refractivity contribution in [3.63, 3.8) is 0 Å². The van der Waals surface area contributed by atoms with Gasteiger partial charge in [0, 0.05) is 5.69 Å². The summed E-state index contributed by atoms with van der Waals surface area (Å²) < 4.78 is 0. The van der Waals surface area contributed by atoms with E-state index in [4.69, 9.17) is 28.9 Å². The molecular weight excluding hydrogens is 279 g/mol. The van der Waals surface area contributed by atoms with E-state index in [9.17, 15) is 9.90 Å². The van der Waals surface area contributed by atoms with Crippen molar-refractivity contribution < 1.29 is 5.11 Å². The highest BCUT2D eigenvalue weighted by Crippen LogP contribution is 2.27. The van der Waals surface area contributed by atoms with E-state index < -0.39 is 11.4 Å². The molecule has 0 aliphatic carbocycles. The van der Waals surface area contributed by atoms with Crippen molar-refractivity contribution in [1.82, 2.24) is 9.97 Å². The van der Waals surface area contributed by atoms with Gasteiger partial charge in [0.15, 0.2) is 5.69 Å². The van der Waals surface area contributed by atoms with Crippen molar-refractivity contribution in [2.45, 2.75) is 0 Å². The van der Waals surface area contributed by atoms with Crippen molar-refractivity contribution in [2.24, 2.45) is 0 Å². The maximum atomic E-state index is 11.6. The highest BCUT2D eigenvalue weighted by atomic mass is 35.5. The second kappa shape index (κ2) is 4.75. The van der Waals surface area contributed by atoms with E-state index >= 15 is 0 Å². The summed E-state index contributed by atoms with van der Waals surface area (Å²) >= 11 is 11.6. The summed E-state index contributed by atoms with van der Waals surface area (Å²) in [5, 5.41) is 12.9. The molecule has 0 unspecified atom stereocenters. The molecule has 0 atom stereocenters. The molecule has 0 amide bonds. The number of nitrogen functional groups attached to an aromatic ring is 1. The molecule has 2 rings (SSSR count). The number of nitrogens with zero attached hydrogens (tertiary/aromatic N) is 1. The number of nitrogens with two attached hydrogens (primary N) is 1. The minimum absolute atomic E-state index is 0.123. The Balaban J connectivity index is 2.40. The molecule has 1 heterocycles. The number of rotatable bonds is 2. The Morgan fingerprint density at radius 2 is 2.06 bits per heavy atom. The molecule has 5 N–H and O–H groups in total. The van der Waals surface area contributed by atoms with E-state index in [0.717, 1.165) is 0 Å². The van der Waals surface area contributed by atoms with Gasteiger partial charge in [0.1, 0.15) is 0 Å². The standard InChI is InChI=1S/C10H8Cl2N4O2/c11-5-2-1-4(3-6(5)12)14-7-8(17)15-10(13)16-9(7)18/h1-3,14H,(H4,13,15,16,17,18). The molecule has 2 aromatic rings. The van der Waals surface area contributed by atoms with Crippen molar-refractivity contribution in [3.8, 4) is 5.88 Å². The molecule has 18 heavy (non-hydrogen) atoms. The van der Waals surface area contributed by atoms with Gasteiger partial charge in [0.2, 0.25) is 11.8 Å². The summed E-state index contributed by atoms with van der Waals surface area (Å²) in [7, 11) is 0. The second-order valence-electron chi connectivity index (χ2n) is 3.40. The first-order valence-corrected chi connectivity index (χ1v) is 5.54. The number of aromatic nitrogens is 2. The number of nitrogens with one attached hydrogen (secondary N) is 2. The second-order valence-corrected chi connectivity index (χ2v) is 4.22. The summed E-state index contributed by atoms with van der Waals surface area (Å²) in [6.45, 7) is 0. The third kappa shape index (κ3) is 2.49. The van der Waals surface area contributed by atoms with Gasteiger partial charge in [-0.25, -0.2) is 0 Å². The third-order valence-corrected chi connectivity index (χ3v) is 2.85. The van der Waals surface area contributed by atoms with Crippen LogP contribution in [0.3, 0.4) is 0 Å². The van der Waals surface area contributed by atoms with E-state index in [0.29, 0.717) is 15.7 Å². The summed E-state index contributed by atoms with van der Waals surface area (Å²) in [4.78, 5) is 17.3. The zero-order valence-electron chi connectivity index (χ0n) is 8.87. The Morgan fingerprint density at radius 3 is 2.67 bits per heavy atom. The molecule has 6 nitrogen and oxygen atoms in total. The number of aromatic hydroxyl groups is 1. The molecule has 8 heteroatoms. The number of anilines is 3. The van der Waals surface area contributed by atoms with E-state index in [-0.39, 0.29) is 11.6 Å². The number of aromatic amines is 1. The zero-order valence-corrected chi connectivity index (χ0v) is 10.4. The fraction of sp³-hybridized carbons (Fsp3) is 0. The predicted octanol–water partition coefficient (Wildman–Crippen LogP) is 2.11. The lowest BCUT2D eigenvalue weighted by molar-refractivity contribution is 0.455. The Hall–Kier alpha value is -1.92. The zero-order chi connectivity index (χ0) is 13.3. The average Bonchev–Trinajstić information content (AvgIpc) is 2.28. The van der Waals surface area contributed by atoms with Crippen LogP contribution in [-0.2, 0) is 0 Å². The molecule has 0 saturated heterocycles. The van der Waals surface area contributed by atoms with Crippen molar-refractivity contribution in [1.29, 1.82) is 0 Å². The summed E-state index contributed by atoms with van der Waals surface area (Å²) in [5.41, 5.74) is 5.04. The smallest absolute Gasteiger partial charge is 0.280 e. The highest BCUT2D eigenvalue weighted by Gasteiger charge is 2.10. The lowest BCUT2D eigenvalue weighted by atomic mass is 10.3. The Labute approximate surface area is 111 Å². The molecule has 0 bridgehead atoms. The molecule has 1 aromatic heterocycles. The monoisotopic (exact) mass is 286 g/mol. The van der Waals surface area contributed by atoms with E-state index in [1.165, 1.54) is 6.07 Å². The van der Waals surface area contributed by atoms with Crippen molar-refractivity contribution in [3.05, 3.63) is 38.6 Å². The topological polar surface area (TPSA) is 104 Å². The number of benzene rings is 1. The van der Waals surface area contributed by atoms with Gasteiger partial charge in [-0.05, 0) is 18.2 Å². The Kier molecular flexibility index (Phi) is 3.31. The number of hydrogen-bond donors (Lipinski definition) is 4. The fourth-order valence-electron chi connectivity index (χ4n) is 1.31. The van der Waals surface area contributed by atoms with Crippen molar-refractivity contribution >= 4 is 40.5 Å². The van der Waals surface area contributed by atoms with Crippen molar-refractivity contribution in [2.75, 3.05) is 11.1 Å². The van der Waals surface area contributed by atoms with Gasteiger partial charge in [0.05, 0.1) is 10.0 Å². The molecule has 0 aliphatic heterocycles. The van der Waals surface area contributed by atoms with Gasteiger partial charge < -0.3 is 16.2 Å². The van der Waals surface area contributed by atoms with E-state index in [1.54, 1.807) is 12.1 Å². The van der Waals surface area contributed by atoms with Crippen LogP contribution in [0.15, 0.2) is 23.0 Å². The normalized spacial score (nSPS) is 10.3. The van der Waals surface area contributed by atoms with Crippen LogP contribution in [0.5, 0.6) is 5.88 Å². The lowest BCUT2D eigenvalue weighted by Gasteiger charge is -2.08. The first-order valence-electron chi connectivity index (χ1n) is 4.78. The van der Waals surface area contributed by atoms with Crippen LogP contribution in [-0.4, -0.2) is 15.1 Å². The molecule has 94 valence electrons. The van der Waals surface area contributed by atoms with Crippen LogP contribution in [0, 0.1) is 0 Å². The first kappa shape index (κ1) is 12.5. The van der Waals surface area contributed by atoms with E-state index in [1.807, 2.05) is 0 Å². The minimum atomic E-state index is -0.592. The van der Waals surface area contributed by atoms with Gasteiger partial charge in [-0.15, -0.1) is 0 Å². The minimum Gasteiger partial charge on any atom is -0.492 e. The Bertz CT molecular complexity index is 657. The largest absolute Gasteiger partial charge is 0.492 e. The highest BCUT2D eigenvalue weighted by molar-refractivity contribution is 6.42. The van der Waals surface area contributed by atoms with Gasteiger partial charge in [0.25, 0.3) is 5.56 Å². The summed E-state index contributed by atoms with van der Waals surface area (Å²) in [6, 6.07) is 4.67. The van der Waals surface area contributed by atoms with Crippen LogP contribution in [0.1, 0.15) is 0 Å². The molecule has 0 spiro atoms. The SMILES string of the molecule is Nc1nc(O)c(Nc2ccc(Cl)c(Cl)c2)c(=O)[nH]1. The number of hydrogen-bond acceptors (Lipinski definition) is 5. The Morgan fingerprint density at radius 1 is 1.33 bits per heavy atom. The van der Waals surface area contributed by atoms with Crippen LogP contribution in [0.2, 0.25) is 10.0 Å². The van der Waals surface area contributed by atoms with Crippen LogP contribution < -0.4 is 16.6 Å². The van der Waals surface area contributed by atoms with Gasteiger partial charge in [-0.1, -0.05) is 23.2 Å².